The van der Waals surface area contributed by atoms with Gasteiger partial charge in [0, 0.05) is 26.6 Å². The largest absolute Gasteiger partial charge is 0.383 e. The van der Waals surface area contributed by atoms with Gasteiger partial charge in [0.1, 0.15) is 5.54 Å². The maximum absolute atomic E-state index is 12.4. The van der Waals surface area contributed by atoms with Gasteiger partial charge in [-0.15, -0.1) is 0 Å². The zero-order valence-corrected chi connectivity index (χ0v) is 13.3. The second-order valence-corrected chi connectivity index (χ2v) is 5.80. The Balaban J connectivity index is 2.00. The van der Waals surface area contributed by atoms with Crippen molar-refractivity contribution in [1.29, 1.82) is 0 Å². The van der Waals surface area contributed by atoms with Crippen molar-refractivity contribution >= 4 is 11.8 Å². The van der Waals surface area contributed by atoms with Crippen LogP contribution >= 0.6 is 0 Å². The van der Waals surface area contributed by atoms with Gasteiger partial charge in [0.15, 0.2) is 0 Å². The van der Waals surface area contributed by atoms with E-state index in [0.717, 1.165) is 6.42 Å². The van der Waals surface area contributed by atoms with Crippen LogP contribution in [0.1, 0.15) is 25.3 Å². The highest BCUT2D eigenvalue weighted by molar-refractivity contribution is 5.94. The van der Waals surface area contributed by atoms with E-state index in [2.05, 4.69) is 5.32 Å². The minimum Gasteiger partial charge on any atom is -0.383 e. The third-order valence-corrected chi connectivity index (χ3v) is 4.27. The molecule has 1 heterocycles. The second kappa shape index (κ2) is 7.40. The van der Waals surface area contributed by atoms with Crippen LogP contribution < -0.4 is 5.32 Å². The van der Waals surface area contributed by atoms with Gasteiger partial charge in [0.2, 0.25) is 11.8 Å². The van der Waals surface area contributed by atoms with Gasteiger partial charge in [0.05, 0.1) is 6.61 Å². The molecular formula is C17H24N2O3. The molecule has 120 valence electrons. The fourth-order valence-electron chi connectivity index (χ4n) is 2.85. The number of benzene rings is 1. The third-order valence-electron chi connectivity index (χ3n) is 4.27. The number of hydrogen-bond acceptors (Lipinski definition) is 3. The topological polar surface area (TPSA) is 58.6 Å². The number of likely N-dealkylation sites (tertiary alicyclic amines) is 1. The van der Waals surface area contributed by atoms with E-state index in [9.17, 15) is 9.59 Å². The maximum Gasteiger partial charge on any atom is 0.245 e. The molecule has 1 aromatic carbocycles. The molecule has 1 N–H and O–H groups in total. The van der Waals surface area contributed by atoms with E-state index in [4.69, 9.17) is 4.74 Å². The summed E-state index contributed by atoms with van der Waals surface area (Å²) in [6.45, 7) is 3.35. The van der Waals surface area contributed by atoms with Crippen molar-refractivity contribution in [3.05, 3.63) is 35.9 Å². The monoisotopic (exact) mass is 304 g/mol. The molecule has 1 aliphatic rings. The first-order chi connectivity index (χ1) is 10.6. The summed E-state index contributed by atoms with van der Waals surface area (Å²) < 4.78 is 4.95. The van der Waals surface area contributed by atoms with Crippen LogP contribution in [0.15, 0.2) is 30.3 Å². The van der Waals surface area contributed by atoms with E-state index in [1.54, 1.807) is 12.0 Å². The number of nitrogens with one attached hydrogen (secondary N) is 1. The van der Waals surface area contributed by atoms with Crippen LogP contribution in [0.5, 0.6) is 0 Å². The van der Waals surface area contributed by atoms with Crippen LogP contribution in [0, 0.1) is 0 Å². The first kappa shape index (κ1) is 16.5. The van der Waals surface area contributed by atoms with Gasteiger partial charge < -0.3 is 15.0 Å². The first-order valence-corrected chi connectivity index (χ1v) is 7.69. The van der Waals surface area contributed by atoms with Crippen LogP contribution in [0.25, 0.3) is 0 Å². The summed E-state index contributed by atoms with van der Waals surface area (Å²) in [7, 11) is 1.60. The van der Waals surface area contributed by atoms with Crippen LogP contribution in [0.4, 0.5) is 0 Å². The summed E-state index contributed by atoms with van der Waals surface area (Å²) in [6.07, 6.45) is 1.76. The van der Waals surface area contributed by atoms with E-state index in [0.29, 0.717) is 32.5 Å². The van der Waals surface area contributed by atoms with Crippen LogP contribution in [-0.4, -0.2) is 49.1 Å². The van der Waals surface area contributed by atoms with Gasteiger partial charge in [0.25, 0.3) is 0 Å². The average molecular weight is 304 g/mol. The molecule has 1 unspecified atom stereocenters. The quantitative estimate of drug-likeness (QED) is 0.774. The van der Waals surface area contributed by atoms with Crippen molar-refractivity contribution in [2.45, 2.75) is 31.7 Å². The summed E-state index contributed by atoms with van der Waals surface area (Å²) in [4.78, 5) is 26.3. The third kappa shape index (κ3) is 3.65. The summed E-state index contributed by atoms with van der Waals surface area (Å²) >= 11 is 0. The molecule has 1 atom stereocenters. The smallest absolute Gasteiger partial charge is 0.245 e. The van der Waals surface area contributed by atoms with Crippen molar-refractivity contribution in [2.24, 2.45) is 0 Å². The lowest BCUT2D eigenvalue weighted by Gasteiger charge is -2.34. The summed E-state index contributed by atoms with van der Waals surface area (Å²) in [5.74, 6) is -0.0382. The van der Waals surface area contributed by atoms with E-state index in [1.165, 1.54) is 5.56 Å². The molecule has 5 heteroatoms. The molecule has 1 aliphatic heterocycles. The highest BCUT2D eigenvalue weighted by atomic mass is 16.5. The molecule has 22 heavy (non-hydrogen) atoms. The predicted octanol–water partition coefficient (Wildman–Crippen LogP) is 1.37. The van der Waals surface area contributed by atoms with Gasteiger partial charge >= 0.3 is 0 Å². The van der Waals surface area contributed by atoms with E-state index >= 15 is 0 Å². The number of carbonyl (C=O) groups excluding carboxylic acids is 2. The molecule has 0 saturated carbocycles. The summed E-state index contributed by atoms with van der Waals surface area (Å²) in [6, 6.07) is 10.0. The fourth-order valence-corrected chi connectivity index (χ4v) is 2.85. The Bertz CT molecular complexity index is 518. The standard InChI is InChI=1S/C17H24N2O3/c1-17(16(21)18-11-13-22-2)10-8-15(20)19(17)12-9-14-6-4-3-5-7-14/h3-7H,8-13H2,1-2H3,(H,18,21). The lowest BCUT2D eigenvalue weighted by Crippen LogP contribution is -2.55. The van der Waals surface area contributed by atoms with Crippen molar-refractivity contribution in [2.75, 3.05) is 26.8 Å². The molecule has 5 nitrogen and oxygen atoms in total. The zero-order chi connectivity index (χ0) is 16.0. The van der Waals surface area contributed by atoms with Crippen LogP contribution in [-0.2, 0) is 20.7 Å². The molecular weight excluding hydrogens is 280 g/mol. The minimum absolute atomic E-state index is 0.0559. The Hall–Kier alpha value is -1.88. The SMILES string of the molecule is COCCNC(=O)C1(C)CCC(=O)N1CCc1ccccc1. The fraction of sp³-hybridized carbons (Fsp3) is 0.529. The molecule has 0 aliphatic carbocycles. The number of amides is 2. The Morgan fingerprint density at radius 2 is 2.09 bits per heavy atom. The lowest BCUT2D eigenvalue weighted by molar-refractivity contribution is -0.140. The maximum atomic E-state index is 12.4. The number of ether oxygens (including phenoxy) is 1. The van der Waals surface area contributed by atoms with E-state index < -0.39 is 5.54 Å². The Morgan fingerprint density at radius 3 is 2.77 bits per heavy atom. The van der Waals surface area contributed by atoms with Gasteiger partial charge in [-0.1, -0.05) is 30.3 Å². The molecule has 1 fully saturated rings. The number of rotatable bonds is 7. The Labute approximate surface area is 131 Å². The Kier molecular flexibility index (Phi) is 5.55. The summed E-state index contributed by atoms with van der Waals surface area (Å²) in [5, 5.41) is 2.86. The van der Waals surface area contributed by atoms with Crippen LogP contribution in [0.3, 0.4) is 0 Å². The first-order valence-electron chi connectivity index (χ1n) is 7.69. The highest BCUT2D eigenvalue weighted by Gasteiger charge is 2.46. The number of hydrogen-bond donors (Lipinski definition) is 1. The molecule has 0 bridgehead atoms. The minimum atomic E-state index is -0.750. The number of nitrogens with zero attached hydrogens (tertiary/aromatic N) is 1. The van der Waals surface area contributed by atoms with E-state index in [-0.39, 0.29) is 11.8 Å². The van der Waals surface area contributed by atoms with Crippen molar-refractivity contribution in [1.82, 2.24) is 10.2 Å². The van der Waals surface area contributed by atoms with Crippen molar-refractivity contribution in [3.63, 3.8) is 0 Å². The Morgan fingerprint density at radius 1 is 1.36 bits per heavy atom. The van der Waals surface area contributed by atoms with Crippen LogP contribution in [0.2, 0.25) is 0 Å². The lowest BCUT2D eigenvalue weighted by atomic mass is 9.97. The molecule has 0 spiro atoms. The second-order valence-electron chi connectivity index (χ2n) is 5.80. The van der Waals surface area contributed by atoms with Crippen molar-refractivity contribution < 1.29 is 14.3 Å². The average Bonchev–Trinajstić information content (AvgIpc) is 2.83. The molecule has 1 aromatic rings. The van der Waals surface area contributed by atoms with Gasteiger partial charge in [-0.3, -0.25) is 9.59 Å². The number of methoxy groups -OCH3 is 1. The summed E-state index contributed by atoms with van der Waals surface area (Å²) in [5.41, 5.74) is 0.420. The van der Waals surface area contributed by atoms with E-state index in [1.807, 2.05) is 37.3 Å². The highest BCUT2D eigenvalue weighted by Crippen LogP contribution is 2.30. The zero-order valence-electron chi connectivity index (χ0n) is 13.3. The molecule has 2 rings (SSSR count). The molecule has 2 amide bonds. The normalized spacial score (nSPS) is 21.2. The van der Waals surface area contributed by atoms with Gasteiger partial charge in [-0.25, -0.2) is 0 Å². The van der Waals surface area contributed by atoms with Crippen molar-refractivity contribution in [3.8, 4) is 0 Å². The molecule has 1 saturated heterocycles. The molecule has 0 radical (unpaired) electrons. The molecule has 0 aromatic heterocycles. The van der Waals surface area contributed by atoms with Gasteiger partial charge in [-0.05, 0) is 25.3 Å². The van der Waals surface area contributed by atoms with Gasteiger partial charge in [-0.2, -0.15) is 0 Å². The predicted molar refractivity (Wildman–Crippen MR) is 84.4 cm³/mol. The number of carbonyl (C=O) groups is 2.